The molecule has 1 aliphatic heterocycles. The lowest BCUT2D eigenvalue weighted by Crippen LogP contribution is -2.53. The predicted octanol–water partition coefficient (Wildman–Crippen LogP) is 4.27. The number of benzene rings is 1. The highest BCUT2D eigenvalue weighted by molar-refractivity contribution is 5.86. The van der Waals surface area contributed by atoms with Gasteiger partial charge in [-0.15, -0.1) is 0 Å². The number of amides is 2. The molecule has 36 heavy (non-hydrogen) atoms. The fourth-order valence-electron chi connectivity index (χ4n) is 4.21. The van der Waals surface area contributed by atoms with Crippen LogP contribution in [0.1, 0.15) is 60.5 Å². The third-order valence-electron chi connectivity index (χ3n) is 5.77. The number of carbonyl (C=O) groups excluding carboxylic acids is 3. The molecule has 1 heterocycles. The van der Waals surface area contributed by atoms with Crippen LogP contribution in [0.15, 0.2) is 42.5 Å². The number of rotatable bonds is 8. The molecule has 1 aromatic rings. The van der Waals surface area contributed by atoms with Gasteiger partial charge in [-0.05, 0) is 53.5 Å². The van der Waals surface area contributed by atoms with Crippen molar-refractivity contribution < 1.29 is 28.6 Å². The average Bonchev–Trinajstić information content (AvgIpc) is 3.13. The molecule has 2 rings (SSSR count). The molecule has 0 radical (unpaired) electrons. The summed E-state index contributed by atoms with van der Waals surface area (Å²) in [6.07, 6.45) is -0.324. The lowest BCUT2D eigenvalue weighted by atomic mass is 9.93. The molecule has 1 N–H and O–H groups in total. The van der Waals surface area contributed by atoms with Gasteiger partial charge in [0.25, 0.3) is 0 Å². The van der Waals surface area contributed by atoms with E-state index in [2.05, 4.69) is 11.9 Å². The minimum absolute atomic E-state index is 0.288. The standard InChI is InChI=1S/C28H42N2O6/c1-18-15-22(30(17-18)26(33)36-28(6,7)8)23(34-9)19(2)24(31)29-21(25(32)35-27(3,4)5)16-20-13-11-10-12-14-20/h10-14,19,21-23H,1,15-17H2,2-9H3,(H,29,31)/t19-,21+,22+,23-/m1/s1. The summed E-state index contributed by atoms with van der Waals surface area (Å²) in [7, 11) is 1.51. The smallest absolute Gasteiger partial charge is 0.410 e. The Kier molecular flexibility index (Phi) is 9.71. The molecular formula is C28H42N2O6. The van der Waals surface area contributed by atoms with Gasteiger partial charge in [0.1, 0.15) is 17.2 Å². The Morgan fingerprint density at radius 1 is 1.06 bits per heavy atom. The van der Waals surface area contributed by atoms with E-state index in [0.29, 0.717) is 13.0 Å². The van der Waals surface area contributed by atoms with Gasteiger partial charge in [0.2, 0.25) is 5.91 Å². The third kappa shape index (κ3) is 8.66. The van der Waals surface area contributed by atoms with Gasteiger partial charge in [-0.1, -0.05) is 49.4 Å². The second-order valence-electron chi connectivity index (χ2n) is 11.4. The monoisotopic (exact) mass is 502 g/mol. The minimum Gasteiger partial charge on any atom is -0.458 e. The first kappa shape index (κ1) is 29.4. The number of likely N-dealkylation sites (tertiary alicyclic amines) is 1. The third-order valence-corrected chi connectivity index (χ3v) is 5.77. The lowest BCUT2D eigenvalue weighted by molar-refractivity contribution is -0.159. The molecule has 1 aliphatic rings. The van der Waals surface area contributed by atoms with Gasteiger partial charge in [0, 0.05) is 20.1 Å². The number of esters is 1. The Hall–Kier alpha value is -2.87. The van der Waals surface area contributed by atoms with E-state index in [1.54, 1.807) is 53.4 Å². The molecule has 0 aromatic heterocycles. The summed E-state index contributed by atoms with van der Waals surface area (Å²) in [5.41, 5.74) is 0.397. The van der Waals surface area contributed by atoms with Crippen LogP contribution in [0.5, 0.6) is 0 Å². The van der Waals surface area contributed by atoms with Crippen molar-refractivity contribution in [1.82, 2.24) is 10.2 Å². The summed E-state index contributed by atoms with van der Waals surface area (Å²) in [6.45, 7) is 16.9. The highest BCUT2D eigenvalue weighted by atomic mass is 16.6. The van der Waals surface area contributed by atoms with E-state index in [9.17, 15) is 14.4 Å². The summed E-state index contributed by atoms with van der Waals surface area (Å²) in [6, 6.07) is 8.14. The van der Waals surface area contributed by atoms with E-state index in [-0.39, 0.29) is 12.3 Å². The Balaban J connectivity index is 2.22. The van der Waals surface area contributed by atoms with Crippen LogP contribution in [0, 0.1) is 5.92 Å². The van der Waals surface area contributed by atoms with Crippen molar-refractivity contribution in [2.75, 3.05) is 13.7 Å². The molecule has 8 heteroatoms. The summed E-state index contributed by atoms with van der Waals surface area (Å²) in [5.74, 6) is -1.54. The first-order valence-corrected chi connectivity index (χ1v) is 12.4. The molecule has 0 saturated carbocycles. The summed E-state index contributed by atoms with van der Waals surface area (Å²) in [4.78, 5) is 40.8. The maximum Gasteiger partial charge on any atom is 0.410 e. The maximum atomic E-state index is 13.4. The molecular weight excluding hydrogens is 460 g/mol. The number of ether oxygens (including phenoxy) is 3. The Morgan fingerprint density at radius 2 is 1.64 bits per heavy atom. The van der Waals surface area contributed by atoms with Crippen LogP contribution >= 0.6 is 0 Å². The van der Waals surface area contributed by atoms with Crippen LogP contribution in [0.25, 0.3) is 0 Å². The van der Waals surface area contributed by atoms with Gasteiger partial charge in [0.15, 0.2) is 0 Å². The first-order chi connectivity index (χ1) is 16.6. The molecule has 1 aromatic carbocycles. The van der Waals surface area contributed by atoms with Gasteiger partial charge in [-0.2, -0.15) is 0 Å². The average molecular weight is 503 g/mol. The van der Waals surface area contributed by atoms with Gasteiger partial charge >= 0.3 is 12.1 Å². The van der Waals surface area contributed by atoms with Crippen LogP contribution in [0.2, 0.25) is 0 Å². The molecule has 0 spiro atoms. The summed E-state index contributed by atoms with van der Waals surface area (Å²) in [5, 5.41) is 2.87. The largest absolute Gasteiger partial charge is 0.458 e. The predicted molar refractivity (Wildman–Crippen MR) is 138 cm³/mol. The molecule has 2 amide bonds. The number of nitrogens with zero attached hydrogens (tertiary/aromatic N) is 1. The zero-order valence-corrected chi connectivity index (χ0v) is 22.9. The Labute approximate surface area is 215 Å². The quantitative estimate of drug-likeness (QED) is 0.421. The molecule has 4 atom stereocenters. The van der Waals surface area contributed by atoms with Crippen molar-refractivity contribution in [2.45, 2.75) is 90.7 Å². The van der Waals surface area contributed by atoms with Crippen LogP contribution in [0.3, 0.4) is 0 Å². The highest BCUT2D eigenvalue weighted by Crippen LogP contribution is 2.30. The van der Waals surface area contributed by atoms with E-state index in [4.69, 9.17) is 14.2 Å². The number of nitrogens with one attached hydrogen (secondary N) is 1. The van der Waals surface area contributed by atoms with Crippen LogP contribution < -0.4 is 5.32 Å². The van der Waals surface area contributed by atoms with Crippen LogP contribution in [-0.4, -0.2) is 65.9 Å². The first-order valence-electron chi connectivity index (χ1n) is 12.4. The van der Waals surface area contributed by atoms with Crippen molar-refractivity contribution in [3.05, 3.63) is 48.0 Å². The van der Waals surface area contributed by atoms with Gasteiger partial charge in [-0.3, -0.25) is 9.69 Å². The van der Waals surface area contributed by atoms with Gasteiger partial charge in [0.05, 0.1) is 18.1 Å². The van der Waals surface area contributed by atoms with Crippen molar-refractivity contribution in [3.8, 4) is 0 Å². The Morgan fingerprint density at radius 3 is 2.17 bits per heavy atom. The van der Waals surface area contributed by atoms with Crippen molar-refractivity contribution >= 4 is 18.0 Å². The molecule has 0 unspecified atom stereocenters. The van der Waals surface area contributed by atoms with Crippen molar-refractivity contribution in [3.63, 3.8) is 0 Å². The van der Waals surface area contributed by atoms with Gasteiger partial charge in [-0.25, -0.2) is 9.59 Å². The van der Waals surface area contributed by atoms with Crippen molar-refractivity contribution in [1.29, 1.82) is 0 Å². The molecule has 0 bridgehead atoms. The lowest BCUT2D eigenvalue weighted by Gasteiger charge is -2.35. The van der Waals surface area contributed by atoms with E-state index >= 15 is 0 Å². The number of methoxy groups -OCH3 is 1. The van der Waals surface area contributed by atoms with Crippen molar-refractivity contribution in [2.24, 2.45) is 5.92 Å². The maximum absolute atomic E-state index is 13.4. The minimum atomic E-state index is -0.875. The number of hydrogen-bond donors (Lipinski definition) is 1. The van der Waals surface area contributed by atoms with E-state index in [1.807, 2.05) is 30.3 Å². The fourth-order valence-corrected chi connectivity index (χ4v) is 4.21. The molecule has 0 aliphatic carbocycles. The van der Waals surface area contributed by atoms with Crippen LogP contribution in [-0.2, 0) is 30.2 Å². The topological polar surface area (TPSA) is 94.2 Å². The Bertz CT molecular complexity index is 932. The van der Waals surface area contributed by atoms with E-state index < -0.39 is 47.4 Å². The summed E-state index contributed by atoms with van der Waals surface area (Å²) < 4.78 is 16.9. The fraction of sp³-hybridized carbons (Fsp3) is 0.607. The molecule has 1 saturated heterocycles. The second-order valence-corrected chi connectivity index (χ2v) is 11.4. The normalized spacial score (nSPS) is 18.8. The summed E-state index contributed by atoms with van der Waals surface area (Å²) >= 11 is 0. The molecule has 200 valence electrons. The number of hydrogen-bond acceptors (Lipinski definition) is 6. The highest BCUT2D eigenvalue weighted by Gasteiger charge is 2.43. The second kappa shape index (κ2) is 11.9. The molecule has 1 fully saturated rings. The van der Waals surface area contributed by atoms with E-state index in [0.717, 1.165) is 11.1 Å². The SMILES string of the molecule is C=C1C[C@@H]([C@H](OC)[C@@H](C)C(=O)N[C@@H](Cc2ccccc2)C(=O)OC(C)(C)C)N(C(=O)OC(C)(C)C)C1. The number of carbonyl (C=O) groups is 3. The van der Waals surface area contributed by atoms with E-state index in [1.165, 1.54) is 7.11 Å². The molecule has 8 nitrogen and oxygen atoms in total. The zero-order valence-electron chi connectivity index (χ0n) is 22.9. The van der Waals surface area contributed by atoms with Gasteiger partial charge < -0.3 is 19.5 Å². The van der Waals surface area contributed by atoms with Crippen LogP contribution in [0.4, 0.5) is 4.79 Å². The zero-order chi connectivity index (χ0) is 27.3.